The zero-order valence-corrected chi connectivity index (χ0v) is 12.4. The molecule has 0 saturated heterocycles. The molecule has 1 aromatic heterocycles. The fraction of sp³-hybridized carbons (Fsp3) is 0.167. The van der Waals surface area contributed by atoms with Crippen LogP contribution in [0.2, 0.25) is 0 Å². The van der Waals surface area contributed by atoms with Gasteiger partial charge in [-0.15, -0.1) is 11.8 Å². The van der Waals surface area contributed by atoms with Gasteiger partial charge < -0.3 is 5.73 Å². The second-order valence-corrected chi connectivity index (χ2v) is 6.73. The summed E-state index contributed by atoms with van der Waals surface area (Å²) in [5, 5.41) is 1.57. The summed E-state index contributed by atoms with van der Waals surface area (Å²) < 4.78 is 0. The summed E-state index contributed by atoms with van der Waals surface area (Å²) in [6.07, 6.45) is 2.88. The lowest BCUT2D eigenvalue weighted by Gasteiger charge is -2.19. The molecular weight excluding hydrogens is 276 g/mol. The topological polar surface area (TPSA) is 38.9 Å². The van der Waals surface area contributed by atoms with Crippen molar-refractivity contribution in [1.82, 2.24) is 4.98 Å². The van der Waals surface area contributed by atoms with Crippen LogP contribution in [0.5, 0.6) is 0 Å². The Morgan fingerprint density at radius 2 is 2.00 bits per heavy atom. The maximum absolute atomic E-state index is 6.52. The molecule has 4 rings (SSSR count). The maximum Gasteiger partial charge on any atom is 0.0705 e. The first-order valence-electron chi connectivity index (χ1n) is 7.16. The number of nitrogens with zero attached hydrogens (tertiary/aromatic N) is 1. The summed E-state index contributed by atoms with van der Waals surface area (Å²) in [5.41, 5.74) is 10.1. The quantitative estimate of drug-likeness (QED) is 0.777. The molecule has 0 spiro atoms. The maximum atomic E-state index is 6.52. The Morgan fingerprint density at radius 3 is 2.90 bits per heavy atom. The minimum atomic E-state index is 0.0359. The number of hydrogen-bond acceptors (Lipinski definition) is 3. The lowest BCUT2D eigenvalue weighted by atomic mass is 9.98. The van der Waals surface area contributed by atoms with Gasteiger partial charge in [-0.2, -0.15) is 0 Å². The zero-order valence-electron chi connectivity index (χ0n) is 11.6. The standard InChI is InChI=1S/C18H16N2S/c19-18(17-11-13-4-1-2-6-16(13)21-17)14-8-7-12-5-3-9-20-15(12)10-14/h1-10,17-18H,11,19H2. The first kappa shape index (κ1) is 12.9. The van der Waals surface area contributed by atoms with E-state index in [0.29, 0.717) is 5.25 Å². The summed E-state index contributed by atoms with van der Waals surface area (Å²) in [6, 6.07) is 19.1. The molecule has 1 aliphatic heterocycles. The molecule has 3 heteroatoms. The Labute approximate surface area is 128 Å². The van der Waals surface area contributed by atoms with Crippen LogP contribution in [0.25, 0.3) is 10.9 Å². The predicted molar refractivity (Wildman–Crippen MR) is 88.5 cm³/mol. The van der Waals surface area contributed by atoms with E-state index < -0.39 is 0 Å². The van der Waals surface area contributed by atoms with Gasteiger partial charge in [-0.3, -0.25) is 4.98 Å². The number of rotatable bonds is 2. The van der Waals surface area contributed by atoms with E-state index in [1.54, 1.807) is 0 Å². The molecule has 0 saturated carbocycles. The van der Waals surface area contributed by atoms with Crippen molar-refractivity contribution in [3.05, 3.63) is 71.9 Å². The fourth-order valence-corrected chi connectivity index (χ4v) is 4.27. The molecule has 2 unspecified atom stereocenters. The van der Waals surface area contributed by atoms with Gasteiger partial charge in [-0.25, -0.2) is 0 Å². The van der Waals surface area contributed by atoms with Crippen molar-refractivity contribution in [3.63, 3.8) is 0 Å². The van der Waals surface area contributed by atoms with Crippen LogP contribution in [0.15, 0.2) is 65.7 Å². The number of hydrogen-bond donors (Lipinski definition) is 1. The second kappa shape index (κ2) is 5.17. The third-order valence-corrected chi connectivity index (χ3v) is 5.50. The van der Waals surface area contributed by atoms with Crippen molar-refractivity contribution in [3.8, 4) is 0 Å². The van der Waals surface area contributed by atoms with Crippen LogP contribution in [-0.4, -0.2) is 10.2 Å². The Morgan fingerprint density at radius 1 is 1.10 bits per heavy atom. The minimum absolute atomic E-state index is 0.0359. The normalized spacial score (nSPS) is 18.6. The molecule has 0 fully saturated rings. The van der Waals surface area contributed by atoms with Gasteiger partial charge in [0.25, 0.3) is 0 Å². The van der Waals surface area contributed by atoms with E-state index >= 15 is 0 Å². The smallest absolute Gasteiger partial charge is 0.0705 e. The Kier molecular flexibility index (Phi) is 3.17. The number of thioether (sulfide) groups is 1. The van der Waals surface area contributed by atoms with Gasteiger partial charge in [-0.05, 0) is 35.7 Å². The number of fused-ring (bicyclic) bond motifs is 2. The van der Waals surface area contributed by atoms with Crippen LogP contribution in [0.4, 0.5) is 0 Å². The van der Waals surface area contributed by atoms with Gasteiger partial charge in [0.05, 0.1) is 5.52 Å². The summed E-state index contributed by atoms with van der Waals surface area (Å²) in [5.74, 6) is 0. The number of pyridine rings is 1. The monoisotopic (exact) mass is 292 g/mol. The molecule has 0 radical (unpaired) electrons. The van der Waals surface area contributed by atoms with Gasteiger partial charge >= 0.3 is 0 Å². The van der Waals surface area contributed by atoms with E-state index in [1.807, 2.05) is 24.0 Å². The van der Waals surface area contributed by atoms with Gasteiger partial charge in [0.2, 0.25) is 0 Å². The highest BCUT2D eigenvalue weighted by Crippen LogP contribution is 2.41. The molecule has 2 N–H and O–H groups in total. The van der Waals surface area contributed by atoms with Crippen LogP contribution in [-0.2, 0) is 6.42 Å². The summed E-state index contributed by atoms with van der Waals surface area (Å²) in [4.78, 5) is 5.80. The summed E-state index contributed by atoms with van der Waals surface area (Å²) in [7, 11) is 0. The van der Waals surface area contributed by atoms with E-state index in [2.05, 4.69) is 53.5 Å². The first-order chi connectivity index (χ1) is 10.3. The molecule has 2 nitrogen and oxygen atoms in total. The predicted octanol–water partition coefficient (Wildman–Crippen LogP) is 3.95. The highest BCUT2D eigenvalue weighted by Gasteiger charge is 2.28. The molecule has 104 valence electrons. The average molecular weight is 292 g/mol. The van der Waals surface area contributed by atoms with Crippen molar-refractivity contribution in [1.29, 1.82) is 0 Å². The number of benzene rings is 2. The highest BCUT2D eigenvalue weighted by atomic mass is 32.2. The van der Waals surface area contributed by atoms with Crippen molar-refractivity contribution >= 4 is 22.7 Å². The van der Waals surface area contributed by atoms with Gasteiger partial charge in [0.1, 0.15) is 0 Å². The van der Waals surface area contributed by atoms with Crippen LogP contribution in [0.3, 0.4) is 0 Å². The van der Waals surface area contributed by atoms with Crippen molar-refractivity contribution in [2.24, 2.45) is 5.73 Å². The minimum Gasteiger partial charge on any atom is -0.323 e. The number of nitrogens with two attached hydrogens (primary N) is 1. The Hall–Kier alpha value is -1.84. The SMILES string of the molecule is NC(c1ccc2cccnc2c1)C1Cc2ccccc2S1. The van der Waals surface area contributed by atoms with Gasteiger partial charge in [0.15, 0.2) is 0 Å². The van der Waals surface area contributed by atoms with Crippen LogP contribution < -0.4 is 5.73 Å². The summed E-state index contributed by atoms with van der Waals surface area (Å²) >= 11 is 1.90. The Balaban J connectivity index is 1.64. The molecule has 2 heterocycles. The fourth-order valence-electron chi connectivity index (χ4n) is 2.91. The van der Waals surface area contributed by atoms with Gasteiger partial charge in [-0.1, -0.05) is 36.4 Å². The molecule has 3 aromatic rings. The third kappa shape index (κ3) is 2.33. The highest BCUT2D eigenvalue weighted by molar-refractivity contribution is 8.00. The van der Waals surface area contributed by atoms with E-state index in [1.165, 1.54) is 16.0 Å². The molecule has 0 aliphatic carbocycles. The van der Waals surface area contributed by atoms with Crippen LogP contribution in [0, 0.1) is 0 Å². The molecule has 0 bridgehead atoms. The van der Waals surface area contributed by atoms with Crippen LogP contribution in [0.1, 0.15) is 17.2 Å². The third-order valence-electron chi connectivity index (χ3n) is 4.09. The molecule has 21 heavy (non-hydrogen) atoms. The van der Waals surface area contributed by atoms with Crippen LogP contribution >= 0.6 is 11.8 Å². The largest absolute Gasteiger partial charge is 0.323 e. The molecule has 2 atom stereocenters. The lowest BCUT2D eigenvalue weighted by molar-refractivity contribution is 0.678. The van der Waals surface area contributed by atoms with E-state index in [-0.39, 0.29) is 6.04 Å². The van der Waals surface area contributed by atoms with Crippen molar-refractivity contribution in [2.45, 2.75) is 22.6 Å². The van der Waals surface area contributed by atoms with Crippen molar-refractivity contribution < 1.29 is 0 Å². The lowest BCUT2D eigenvalue weighted by Crippen LogP contribution is -2.23. The number of aromatic nitrogens is 1. The Bertz CT molecular complexity index is 775. The molecule has 2 aromatic carbocycles. The molecule has 1 aliphatic rings. The molecule has 0 amide bonds. The first-order valence-corrected chi connectivity index (χ1v) is 8.04. The average Bonchev–Trinajstić information content (AvgIpc) is 2.97. The van der Waals surface area contributed by atoms with E-state index in [0.717, 1.165) is 17.3 Å². The van der Waals surface area contributed by atoms with E-state index in [9.17, 15) is 0 Å². The second-order valence-electron chi connectivity index (χ2n) is 5.45. The van der Waals surface area contributed by atoms with Crippen molar-refractivity contribution in [2.75, 3.05) is 0 Å². The molecular formula is C18H16N2S. The zero-order chi connectivity index (χ0) is 14.2. The summed E-state index contributed by atoms with van der Waals surface area (Å²) in [6.45, 7) is 0. The van der Waals surface area contributed by atoms with Gasteiger partial charge in [0, 0.05) is 27.8 Å². The van der Waals surface area contributed by atoms with E-state index in [4.69, 9.17) is 5.73 Å².